The molecule has 0 N–H and O–H groups in total. The first-order valence-corrected chi connectivity index (χ1v) is 15.1. The molecule has 0 radical (unpaired) electrons. The zero-order valence-corrected chi connectivity index (χ0v) is 23.2. The summed E-state index contributed by atoms with van der Waals surface area (Å²) in [6.45, 7) is 3.21. The average molecular weight is 553 g/mol. The van der Waals surface area contributed by atoms with Crippen molar-refractivity contribution in [3.8, 4) is 0 Å². The molecule has 5 aliphatic carbocycles. The van der Waals surface area contributed by atoms with Crippen LogP contribution in [0.15, 0.2) is 33.8 Å². The Balaban J connectivity index is 1.11. The van der Waals surface area contributed by atoms with E-state index in [1.807, 2.05) is 29.2 Å². The molecule has 7 nitrogen and oxygen atoms in total. The van der Waals surface area contributed by atoms with Gasteiger partial charge in [-0.3, -0.25) is 9.79 Å². The number of anilines is 1. The van der Waals surface area contributed by atoms with Crippen LogP contribution in [-0.2, 0) is 14.9 Å². The molecule has 1 aliphatic heterocycles. The Kier molecular flexibility index (Phi) is 6.27. The quantitative estimate of drug-likeness (QED) is 0.339. The summed E-state index contributed by atoms with van der Waals surface area (Å²) < 4.78 is 39.5. The van der Waals surface area contributed by atoms with Gasteiger partial charge in [0.25, 0.3) is 0 Å². The maximum Gasteiger partial charge on any atom is 0.249 e. The van der Waals surface area contributed by atoms with Gasteiger partial charge in [0.15, 0.2) is 11.7 Å². The molecule has 0 spiro atoms. The lowest BCUT2D eigenvalue weighted by atomic mass is 9.53. The van der Waals surface area contributed by atoms with Crippen LogP contribution >= 0.6 is 0 Å². The highest BCUT2D eigenvalue weighted by atomic mass is 19.3. The normalized spacial score (nSPS) is 31.0. The van der Waals surface area contributed by atoms with Crippen LogP contribution in [0.5, 0.6) is 0 Å². The van der Waals surface area contributed by atoms with Gasteiger partial charge in [-0.2, -0.15) is 4.98 Å². The minimum atomic E-state index is -2.74. The van der Waals surface area contributed by atoms with Crippen molar-refractivity contribution in [2.45, 2.75) is 107 Å². The van der Waals surface area contributed by atoms with Crippen LogP contribution in [0, 0.1) is 11.3 Å². The number of halogens is 2. The van der Waals surface area contributed by atoms with Gasteiger partial charge in [0.1, 0.15) is 6.10 Å². The number of amides is 1. The van der Waals surface area contributed by atoms with Crippen molar-refractivity contribution in [3.05, 3.63) is 41.5 Å². The molecule has 214 valence electrons. The van der Waals surface area contributed by atoms with Gasteiger partial charge in [-0.1, -0.05) is 24.2 Å². The topological polar surface area (TPSA) is 80.8 Å². The molecule has 2 heterocycles. The van der Waals surface area contributed by atoms with E-state index in [2.05, 4.69) is 17.1 Å². The second kappa shape index (κ2) is 9.62. The summed E-state index contributed by atoms with van der Waals surface area (Å²) in [5, 5.41) is 4.28. The van der Waals surface area contributed by atoms with Gasteiger partial charge in [-0.15, -0.1) is 0 Å². The Morgan fingerprint density at radius 1 is 1.10 bits per heavy atom. The van der Waals surface area contributed by atoms with Crippen LogP contribution in [-0.4, -0.2) is 41.0 Å². The first-order valence-electron chi connectivity index (χ1n) is 15.1. The summed E-state index contributed by atoms with van der Waals surface area (Å²) in [5.41, 5.74) is 1.63. The monoisotopic (exact) mass is 552 g/mol. The van der Waals surface area contributed by atoms with Crippen molar-refractivity contribution in [1.82, 2.24) is 10.1 Å². The first kappa shape index (κ1) is 26.1. The second-order valence-electron chi connectivity index (χ2n) is 13.1. The molecule has 40 heavy (non-hydrogen) atoms. The number of alkyl halides is 2. The third-order valence-corrected chi connectivity index (χ3v) is 10.2. The Bertz CT molecular complexity index is 1290. The van der Waals surface area contributed by atoms with Crippen LogP contribution in [0.1, 0.15) is 113 Å². The number of ether oxygens (including phenoxy) is 1. The Morgan fingerprint density at radius 3 is 2.52 bits per heavy atom. The molecule has 2 bridgehead atoms. The van der Waals surface area contributed by atoms with Crippen LogP contribution in [0.4, 0.5) is 14.5 Å². The molecule has 1 aromatic carbocycles. The van der Waals surface area contributed by atoms with E-state index in [-0.39, 0.29) is 35.7 Å². The fourth-order valence-corrected chi connectivity index (χ4v) is 7.31. The number of benzene rings is 1. The first-order chi connectivity index (χ1) is 19.3. The van der Waals surface area contributed by atoms with E-state index < -0.39 is 11.8 Å². The molecule has 2 aromatic rings. The summed E-state index contributed by atoms with van der Waals surface area (Å²) in [5.74, 6) is -0.659. The highest BCUT2D eigenvalue weighted by Gasteiger charge is 2.55. The van der Waals surface area contributed by atoms with Crippen LogP contribution in [0.25, 0.3) is 0 Å². The number of fused-ring (bicyclic) bond motifs is 3. The van der Waals surface area contributed by atoms with E-state index in [4.69, 9.17) is 14.2 Å². The molecule has 8 rings (SSSR count). The SMILES string of the molecule is CCCC1=NCC(c2cccc(N(CC34CCC(c5nc(C6CC6)no5)(CC3)CC4)C(=O)C3CC(F)(F)C3)c2)O1. The number of hydrogen-bond donors (Lipinski definition) is 0. The molecule has 1 unspecified atom stereocenters. The minimum absolute atomic E-state index is 0.0414. The second-order valence-corrected chi connectivity index (χ2v) is 13.1. The van der Waals surface area contributed by atoms with E-state index in [0.29, 0.717) is 19.0 Å². The third-order valence-electron chi connectivity index (χ3n) is 10.2. The number of nitrogens with zero attached hydrogens (tertiary/aromatic N) is 4. The molecule has 6 aliphatic rings. The fraction of sp³-hybridized carbons (Fsp3) is 0.677. The Morgan fingerprint density at radius 2 is 1.85 bits per heavy atom. The molecule has 0 saturated heterocycles. The van der Waals surface area contributed by atoms with Gasteiger partial charge < -0.3 is 14.2 Å². The van der Waals surface area contributed by atoms with Crippen molar-refractivity contribution in [1.29, 1.82) is 0 Å². The van der Waals surface area contributed by atoms with Gasteiger partial charge in [0.05, 0.1) is 6.54 Å². The number of aliphatic imine (C=N–C) groups is 1. The molecular weight excluding hydrogens is 514 g/mol. The number of carbonyl (C=O) groups excluding carboxylic acids is 1. The molecule has 5 fully saturated rings. The van der Waals surface area contributed by atoms with Crippen molar-refractivity contribution >= 4 is 17.5 Å². The average Bonchev–Trinajstić information content (AvgIpc) is 3.48. The molecule has 5 saturated carbocycles. The van der Waals surface area contributed by atoms with Crippen molar-refractivity contribution < 1.29 is 22.8 Å². The maximum atomic E-state index is 13.8. The van der Waals surface area contributed by atoms with Crippen LogP contribution < -0.4 is 4.90 Å². The number of carbonyl (C=O) groups is 1. The molecular formula is C31H38F2N4O3. The van der Waals surface area contributed by atoms with E-state index in [0.717, 1.165) is 93.1 Å². The number of rotatable bonds is 9. The third kappa shape index (κ3) is 4.73. The van der Waals surface area contributed by atoms with E-state index in [1.165, 1.54) is 0 Å². The molecule has 1 aromatic heterocycles. The zero-order chi connectivity index (χ0) is 27.5. The van der Waals surface area contributed by atoms with Gasteiger partial charge in [0.2, 0.25) is 17.7 Å². The van der Waals surface area contributed by atoms with Gasteiger partial charge in [-0.05, 0) is 80.9 Å². The molecule has 1 atom stereocenters. The smallest absolute Gasteiger partial charge is 0.249 e. The summed E-state index contributed by atoms with van der Waals surface area (Å²) in [6, 6.07) is 7.89. The Hall–Kier alpha value is -2.84. The lowest BCUT2D eigenvalue weighted by molar-refractivity contribution is -0.148. The van der Waals surface area contributed by atoms with Gasteiger partial charge >= 0.3 is 0 Å². The highest BCUT2D eigenvalue weighted by molar-refractivity contribution is 5.96. The van der Waals surface area contributed by atoms with E-state index in [1.54, 1.807) is 0 Å². The number of hydrogen-bond acceptors (Lipinski definition) is 6. The Labute approximate surface area is 233 Å². The molecule has 9 heteroatoms. The largest absolute Gasteiger partial charge is 0.471 e. The predicted octanol–water partition coefficient (Wildman–Crippen LogP) is 6.89. The number of aromatic nitrogens is 2. The van der Waals surface area contributed by atoms with Gasteiger partial charge in [-0.25, -0.2) is 8.78 Å². The van der Waals surface area contributed by atoms with Crippen LogP contribution in [0.3, 0.4) is 0 Å². The van der Waals surface area contributed by atoms with E-state index >= 15 is 0 Å². The summed E-state index contributed by atoms with van der Waals surface area (Å²) in [6.07, 6.45) is 8.91. The summed E-state index contributed by atoms with van der Waals surface area (Å²) in [4.78, 5) is 25.0. The van der Waals surface area contributed by atoms with Gasteiger partial charge in [0, 0.05) is 48.7 Å². The summed E-state index contributed by atoms with van der Waals surface area (Å²) >= 11 is 0. The lowest BCUT2D eigenvalue weighted by Crippen LogP contribution is -2.53. The highest BCUT2D eigenvalue weighted by Crippen LogP contribution is 2.58. The van der Waals surface area contributed by atoms with Crippen molar-refractivity contribution in [2.24, 2.45) is 16.3 Å². The fourth-order valence-electron chi connectivity index (χ4n) is 7.31. The maximum absolute atomic E-state index is 13.8. The molecule has 1 amide bonds. The van der Waals surface area contributed by atoms with E-state index in [9.17, 15) is 13.6 Å². The van der Waals surface area contributed by atoms with Crippen molar-refractivity contribution in [2.75, 3.05) is 18.0 Å². The predicted molar refractivity (Wildman–Crippen MR) is 146 cm³/mol. The summed E-state index contributed by atoms with van der Waals surface area (Å²) in [7, 11) is 0. The minimum Gasteiger partial charge on any atom is -0.471 e. The lowest BCUT2D eigenvalue weighted by Gasteiger charge is -2.53. The van der Waals surface area contributed by atoms with Crippen LogP contribution in [0.2, 0.25) is 0 Å². The standard InChI is InChI=1S/C31H38F2N4O3/c1-2-4-25-34-18-24(39-25)21-5-3-6-23(15-21)37(27(38)22-16-31(32,33)17-22)19-29-9-12-30(13-10-29,14-11-29)28-35-26(36-40-28)20-7-8-20/h3,5-6,15,20,22,24H,2,4,7-14,16-19H2,1H3. The van der Waals surface area contributed by atoms with Crippen molar-refractivity contribution in [3.63, 3.8) is 0 Å². The zero-order valence-electron chi connectivity index (χ0n) is 23.2.